The summed E-state index contributed by atoms with van der Waals surface area (Å²) in [4.78, 5) is 24.3. The molecule has 144 valence electrons. The van der Waals surface area contributed by atoms with Crippen molar-refractivity contribution in [2.24, 2.45) is 5.73 Å². The van der Waals surface area contributed by atoms with E-state index in [0.717, 1.165) is 22.4 Å². The van der Waals surface area contributed by atoms with Crippen molar-refractivity contribution in [2.75, 3.05) is 11.9 Å². The van der Waals surface area contributed by atoms with E-state index >= 15 is 0 Å². The molecule has 3 aromatic carbocycles. The molecule has 0 aromatic heterocycles. The predicted molar refractivity (Wildman–Crippen MR) is 109 cm³/mol. The topological polar surface area (TPSA) is 84.2 Å². The molecule has 0 aliphatic carbocycles. The molecule has 0 unspecified atom stereocenters. The Labute approximate surface area is 162 Å². The zero-order valence-corrected chi connectivity index (χ0v) is 15.5. The van der Waals surface area contributed by atoms with Crippen LogP contribution in [0, 0.1) is 5.82 Å². The van der Waals surface area contributed by atoms with E-state index in [2.05, 4.69) is 10.6 Å². The fraction of sp³-hybridized carbons (Fsp3) is 0.182. The molecule has 0 spiro atoms. The van der Waals surface area contributed by atoms with Crippen LogP contribution in [-0.2, 0) is 4.79 Å². The van der Waals surface area contributed by atoms with Crippen LogP contribution in [0.2, 0.25) is 0 Å². The van der Waals surface area contributed by atoms with E-state index in [1.54, 1.807) is 0 Å². The highest BCUT2D eigenvalue weighted by molar-refractivity contribution is 5.98. The van der Waals surface area contributed by atoms with E-state index in [-0.39, 0.29) is 30.5 Å². The van der Waals surface area contributed by atoms with E-state index in [1.165, 1.54) is 12.1 Å². The molecule has 6 heteroatoms. The predicted octanol–water partition coefficient (Wildman–Crippen LogP) is 3.76. The third kappa shape index (κ3) is 4.35. The molecule has 0 heterocycles. The summed E-state index contributed by atoms with van der Waals surface area (Å²) < 4.78 is 14.2. The van der Waals surface area contributed by atoms with Crippen molar-refractivity contribution < 1.29 is 14.0 Å². The van der Waals surface area contributed by atoms with Gasteiger partial charge >= 0.3 is 0 Å². The largest absolute Gasteiger partial charge is 0.345 e. The number of halogens is 1. The van der Waals surface area contributed by atoms with Crippen LogP contribution in [0.5, 0.6) is 0 Å². The Balaban J connectivity index is 1.81. The third-order valence-corrected chi connectivity index (χ3v) is 4.50. The molecule has 4 N–H and O–H groups in total. The number of carbonyl (C=O) groups excluding carboxylic acids is 2. The standard InChI is InChI=1S/C22H22FN3O2/c1-14(17-8-4-6-15-5-2-3-7-18(15)17)25-22(28)19-13-16(9-10-20(19)23)26-21(27)11-12-24/h2-10,13-14H,11-12,24H2,1H3,(H,25,28)(H,26,27)/t14-/m1/s1. The van der Waals surface area contributed by atoms with Gasteiger partial charge in [-0.1, -0.05) is 42.5 Å². The number of nitrogens with two attached hydrogens (primary N) is 1. The highest BCUT2D eigenvalue weighted by atomic mass is 19.1. The minimum Gasteiger partial charge on any atom is -0.345 e. The van der Waals surface area contributed by atoms with Crippen LogP contribution in [0.3, 0.4) is 0 Å². The Hall–Kier alpha value is -3.25. The van der Waals surface area contributed by atoms with Crippen LogP contribution < -0.4 is 16.4 Å². The number of hydrogen-bond donors (Lipinski definition) is 3. The maximum absolute atomic E-state index is 14.2. The number of anilines is 1. The quantitative estimate of drug-likeness (QED) is 0.610. The summed E-state index contributed by atoms with van der Waals surface area (Å²) in [6.45, 7) is 2.06. The summed E-state index contributed by atoms with van der Waals surface area (Å²) in [7, 11) is 0. The van der Waals surface area contributed by atoms with E-state index in [9.17, 15) is 14.0 Å². The third-order valence-electron chi connectivity index (χ3n) is 4.50. The Morgan fingerprint density at radius 3 is 2.61 bits per heavy atom. The summed E-state index contributed by atoms with van der Waals surface area (Å²) in [6.07, 6.45) is 0.150. The minimum atomic E-state index is -0.653. The van der Waals surface area contributed by atoms with Crippen molar-refractivity contribution in [3.63, 3.8) is 0 Å². The molecular weight excluding hydrogens is 357 g/mol. The summed E-state index contributed by atoms with van der Waals surface area (Å²) >= 11 is 0. The van der Waals surface area contributed by atoms with Crippen LogP contribution in [0.15, 0.2) is 60.7 Å². The summed E-state index contributed by atoms with van der Waals surface area (Å²) in [5.41, 5.74) is 6.52. The lowest BCUT2D eigenvalue weighted by Crippen LogP contribution is -2.27. The average molecular weight is 379 g/mol. The van der Waals surface area contributed by atoms with Gasteiger partial charge in [-0.05, 0) is 41.5 Å². The van der Waals surface area contributed by atoms with Crippen molar-refractivity contribution in [3.05, 3.63) is 77.6 Å². The van der Waals surface area contributed by atoms with Gasteiger partial charge in [0.25, 0.3) is 5.91 Å². The number of rotatable bonds is 6. The fourth-order valence-electron chi connectivity index (χ4n) is 3.11. The number of benzene rings is 3. The first-order valence-corrected chi connectivity index (χ1v) is 9.07. The van der Waals surface area contributed by atoms with Crippen molar-refractivity contribution >= 4 is 28.3 Å². The van der Waals surface area contributed by atoms with E-state index < -0.39 is 11.7 Å². The van der Waals surface area contributed by atoms with E-state index in [4.69, 9.17) is 5.73 Å². The molecule has 3 aromatic rings. The lowest BCUT2D eigenvalue weighted by Gasteiger charge is -2.17. The highest BCUT2D eigenvalue weighted by Crippen LogP contribution is 2.25. The molecular formula is C22H22FN3O2. The lowest BCUT2D eigenvalue weighted by atomic mass is 9.99. The van der Waals surface area contributed by atoms with Crippen LogP contribution in [-0.4, -0.2) is 18.4 Å². The SMILES string of the molecule is C[C@@H](NC(=O)c1cc(NC(=O)CCN)ccc1F)c1cccc2ccccc12. The van der Waals surface area contributed by atoms with Gasteiger partial charge in [0.2, 0.25) is 5.91 Å². The molecule has 3 rings (SSSR count). The monoisotopic (exact) mass is 379 g/mol. The Bertz CT molecular complexity index is 1010. The molecule has 1 atom stereocenters. The smallest absolute Gasteiger partial charge is 0.254 e. The Morgan fingerprint density at radius 2 is 1.82 bits per heavy atom. The van der Waals surface area contributed by atoms with Gasteiger partial charge in [-0.25, -0.2) is 4.39 Å². The van der Waals surface area contributed by atoms with Crippen LogP contribution in [0.1, 0.15) is 35.3 Å². The molecule has 5 nitrogen and oxygen atoms in total. The number of hydrogen-bond acceptors (Lipinski definition) is 3. The maximum Gasteiger partial charge on any atom is 0.254 e. The van der Waals surface area contributed by atoms with Crippen molar-refractivity contribution in [1.82, 2.24) is 5.32 Å². The fourth-order valence-corrected chi connectivity index (χ4v) is 3.11. The number of amides is 2. The van der Waals surface area contributed by atoms with Gasteiger partial charge < -0.3 is 16.4 Å². The zero-order chi connectivity index (χ0) is 20.1. The van der Waals surface area contributed by atoms with Crippen molar-refractivity contribution in [2.45, 2.75) is 19.4 Å². The first kappa shape index (κ1) is 19.5. The van der Waals surface area contributed by atoms with Gasteiger partial charge in [0.1, 0.15) is 5.82 Å². The first-order valence-electron chi connectivity index (χ1n) is 9.07. The summed E-state index contributed by atoms with van der Waals surface area (Å²) in [5, 5.41) is 7.54. The van der Waals surface area contributed by atoms with Crippen LogP contribution in [0.25, 0.3) is 10.8 Å². The molecule has 0 aliphatic rings. The maximum atomic E-state index is 14.2. The molecule has 0 saturated carbocycles. The van der Waals surface area contributed by atoms with Gasteiger partial charge in [-0.3, -0.25) is 9.59 Å². The lowest BCUT2D eigenvalue weighted by molar-refractivity contribution is -0.116. The van der Waals surface area contributed by atoms with E-state index in [1.807, 2.05) is 49.4 Å². The van der Waals surface area contributed by atoms with Gasteiger partial charge in [0, 0.05) is 18.7 Å². The summed E-state index contributed by atoms with van der Waals surface area (Å²) in [5.74, 6) is -1.49. The van der Waals surface area contributed by atoms with E-state index in [0.29, 0.717) is 5.69 Å². The molecule has 0 bridgehead atoms. The number of carbonyl (C=O) groups is 2. The normalized spacial score (nSPS) is 11.8. The van der Waals surface area contributed by atoms with Gasteiger partial charge in [-0.2, -0.15) is 0 Å². The molecule has 0 saturated heterocycles. The Morgan fingerprint density at radius 1 is 1.07 bits per heavy atom. The molecule has 28 heavy (non-hydrogen) atoms. The second-order valence-corrected chi connectivity index (χ2v) is 6.55. The summed E-state index contributed by atoms with van der Waals surface area (Å²) in [6, 6.07) is 17.3. The second-order valence-electron chi connectivity index (χ2n) is 6.55. The molecule has 0 radical (unpaired) electrons. The van der Waals surface area contributed by atoms with Gasteiger partial charge in [0.05, 0.1) is 11.6 Å². The first-order chi connectivity index (χ1) is 13.5. The van der Waals surface area contributed by atoms with Gasteiger partial charge in [0.15, 0.2) is 0 Å². The molecule has 0 fully saturated rings. The zero-order valence-electron chi connectivity index (χ0n) is 15.5. The Kier molecular flexibility index (Phi) is 6.01. The molecule has 0 aliphatic heterocycles. The van der Waals surface area contributed by atoms with Crippen LogP contribution >= 0.6 is 0 Å². The average Bonchev–Trinajstić information content (AvgIpc) is 2.69. The highest BCUT2D eigenvalue weighted by Gasteiger charge is 2.17. The molecule has 2 amide bonds. The van der Waals surface area contributed by atoms with Crippen LogP contribution in [0.4, 0.5) is 10.1 Å². The van der Waals surface area contributed by atoms with Crippen molar-refractivity contribution in [1.29, 1.82) is 0 Å². The number of fused-ring (bicyclic) bond motifs is 1. The minimum absolute atomic E-state index is 0.127. The second kappa shape index (κ2) is 8.63. The van der Waals surface area contributed by atoms with Crippen molar-refractivity contribution in [3.8, 4) is 0 Å². The van der Waals surface area contributed by atoms with Gasteiger partial charge in [-0.15, -0.1) is 0 Å². The number of nitrogens with one attached hydrogen (secondary N) is 2.